The fraction of sp³-hybridized carbons (Fsp3) is 0.0571. The van der Waals surface area contributed by atoms with Crippen molar-refractivity contribution in [1.82, 2.24) is 18.7 Å². The van der Waals surface area contributed by atoms with Crippen LogP contribution in [0.3, 0.4) is 0 Å². The predicted molar refractivity (Wildman–Crippen MR) is 310 cm³/mol. The van der Waals surface area contributed by atoms with Gasteiger partial charge in [-0.2, -0.15) is 18.2 Å². The van der Waals surface area contributed by atoms with E-state index in [1.807, 2.05) is 47.2 Å². The number of hydrogen-bond donors (Lipinski definition) is 0. The van der Waals surface area contributed by atoms with Crippen molar-refractivity contribution in [2.45, 2.75) is 26.2 Å². The molecule has 366 valence electrons. The molecule has 6 heteroatoms. The smallest absolute Gasteiger partial charge is 0.268 e. The van der Waals surface area contributed by atoms with Gasteiger partial charge in [0.15, 0.2) is 0 Å². The van der Waals surface area contributed by atoms with Gasteiger partial charge in [0.05, 0.1) is 29.1 Å². The van der Waals surface area contributed by atoms with Crippen LogP contribution in [0.25, 0.3) is 121 Å². The number of fused-ring (bicyclic) bond motifs is 11. The van der Waals surface area contributed by atoms with E-state index in [-0.39, 0.29) is 60.9 Å². The van der Waals surface area contributed by atoms with E-state index >= 15 is 0 Å². The van der Waals surface area contributed by atoms with E-state index in [0.29, 0.717) is 27.8 Å². The summed E-state index contributed by atoms with van der Waals surface area (Å²) in [4.78, 5) is 5.01. The molecular formula is C70H49N5Pt-2. The standard InChI is InChI=1S/C70H49N5.Pt/c1-70(2,3)49-41-42-71-68(43-49)75-63-34-17-15-30-59(63)61-40-38-51(45-67(61)75)74-62-33-16-14-29-58(62)56-27-12-10-25-54(56)55-26-11-13-28-57(55)60-39-37-50(44-66(60)74)72-46-73(65-36-19-18-35-64(65)72)69-52(47-21-6-4-7-22-47)31-20-32-53(69)48-23-8-5-9-24-48;/h4-43H,1-3H3;/q-2;/i4D,5D,6D,7D,8D,9D,21D,22D,23D;. The number of imidazole rings is 1. The van der Waals surface area contributed by atoms with Gasteiger partial charge in [-0.15, -0.1) is 29.0 Å². The monoisotopic (exact) mass is 1160 g/mol. The Labute approximate surface area is 468 Å². The summed E-state index contributed by atoms with van der Waals surface area (Å²) >= 11 is 0. The molecule has 0 aliphatic carbocycles. The summed E-state index contributed by atoms with van der Waals surface area (Å²) in [5, 5.41) is 8.04. The van der Waals surface area contributed by atoms with Crippen LogP contribution in [-0.2, 0) is 26.5 Å². The Morgan fingerprint density at radius 1 is 0.461 bits per heavy atom. The molecule has 0 fully saturated rings. The number of aromatic nitrogens is 5. The van der Waals surface area contributed by atoms with Gasteiger partial charge >= 0.3 is 0 Å². The van der Waals surface area contributed by atoms with Crippen LogP contribution >= 0.6 is 0 Å². The second-order valence-corrected chi connectivity index (χ2v) is 19.7. The maximum atomic E-state index is 9.25. The molecule has 0 amide bonds. The number of rotatable bonds is 6. The van der Waals surface area contributed by atoms with Crippen molar-refractivity contribution in [2.24, 2.45) is 0 Å². The minimum Gasteiger partial charge on any atom is -0.358 e. The number of pyridine rings is 1. The second kappa shape index (κ2) is 18.8. The largest absolute Gasteiger partial charge is 0.358 e. The first-order chi connectivity index (χ1) is 40.6. The van der Waals surface area contributed by atoms with Crippen LogP contribution in [0, 0.1) is 18.5 Å². The number of nitrogens with zero attached hydrogens (tertiary/aromatic N) is 5. The van der Waals surface area contributed by atoms with Crippen molar-refractivity contribution in [1.29, 1.82) is 0 Å². The Morgan fingerprint density at radius 2 is 0.974 bits per heavy atom. The quantitative estimate of drug-likeness (QED) is 0.121. The second-order valence-electron chi connectivity index (χ2n) is 19.7. The van der Waals surface area contributed by atoms with Crippen LogP contribution < -0.4 is 4.57 Å². The Bertz CT molecular complexity index is 5180. The molecule has 10 aromatic carbocycles. The summed E-state index contributed by atoms with van der Waals surface area (Å²) in [6.07, 6.45) is 5.52. The molecule has 0 N–H and O–H groups in total. The van der Waals surface area contributed by atoms with E-state index in [2.05, 4.69) is 170 Å². The number of para-hydroxylation sites is 5. The van der Waals surface area contributed by atoms with Gasteiger partial charge in [-0.05, 0) is 84.7 Å². The Hall–Kier alpha value is -8.89. The van der Waals surface area contributed by atoms with Gasteiger partial charge in [0.1, 0.15) is 5.82 Å². The molecule has 14 aromatic rings. The fourth-order valence-electron chi connectivity index (χ4n) is 10.8. The summed E-state index contributed by atoms with van der Waals surface area (Å²) in [5.41, 5.74) is 7.85. The van der Waals surface area contributed by atoms with E-state index in [4.69, 9.17) is 13.2 Å². The molecule has 76 heavy (non-hydrogen) atoms. The molecule has 0 aliphatic heterocycles. The van der Waals surface area contributed by atoms with E-state index in [0.717, 1.165) is 76.7 Å². The molecule has 0 bridgehead atoms. The molecule has 0 unspecified atom stereocenters. The molecule has 4 heterocycles. The Balaban J connectivity index is 0.00000672. The van der Waals surface area contributed by atoms with E-state index in [9.17, 15) is 4.11 Å². The van der Waals surface area contributed by atoms with E-state index < -0.39 is 42.3 Å². The number of hydrogen-bond acceptors (Lipinski definition) is 1. The Morgan fingerprint density at radius 3 is 1.67 bits per heavy atom. The van der Waals surface area contributed by atoms with Crippen LogP contribution in [0.1, 0.15) is 38.7 Å². The minimum atomic E-state index is -0.546. The van der Waals surface area contributed by atoms with Crippen molar-refractivity contribution in [3.63, 3.8) is 0 Å². The molecule has 0 radical (unpaired) electrons. The van der Waals surface area contributed by atoms with Crippen molar-refractivity contribution >= 4 is 76.2 Å². The molecular weight excluding hydrogens is 1110 g/mol. The number of benzene rings is 10. The maximum Gasteiger partial charge on any atom is 0.268 e. The predicted octanol–water partition coefficient (Wildman–Crippen LogP) is 17.0. The summed E-state index contributed by atoms with van der Waals surface area (Å²) in [7, 11) is 0. The first kappa shape index (κ1) is 37.8. The van der Waals surface area contributed by atoms with Crippen LogP contribution in [-0.4, -0.2) is 18.7 Å². The zero-order chi connectivity index (χ0) is 58.0. The zero-order valence-corrected chi connectivity index (χ0v) is 43.7. The first-order valence-corrected chi connectivity index (χ1v) is 24.9. The molecule has 0 atom stereocenters. The van der Waals surface area contributed by atoms with Gasteiger partial charge in [-0.3, -0.25) is 4.57 Å². The normalized spacial score (nSPS) is 13.4. The minimum absolute atomic E-state index is 0. The van der Waals surface area contributed by atoms with Gasteiger partial charge in [0, 0.05) is 43.7 Å². The van der Waals surface area contributed by atoms with Gasteiger partial charge in [-0.25, -0.2) is 4.98 Å². The molecule has 0 saturated heterocycles. The maximum absolute atomic E-state index is 9.25. The molecule has 0 saturated carbocycles. The average molecular weight is 1160 g/mol. The molecule has 5 nitrogen and oxygen atoms in total. The first-order valence-electron chi connectivity index (χ1n) is 29.4. The third kappa shape index (κ3) is 7.73. The summed E-state index contributed by atoms with van der Waals surface area (Å²) in [5.74, 6) is 0.774. The molecule has 4 aromatic heterocycles. The van der Waals surface area contributed by atoms with Crippen LogP contribution in [0.5, 0.6) is 0 Å². The van der Waals surface area contributed by atoms with Gasteiger partial charge in [0.25, 0.3) is 6.33 Å². The van der Waals surface area contributed by atoms with Crippen molar-refractivity contribution < 1.29 is 38.0 Å². The molecule has 14 rings (SSSR count). The summed E-state index contributed by atoms with van der Waals surface area (Å²) in [6.45, 7) is 6.61. The molecule has 0 spiro atoms. The average Bonchev–Trinajstić information content (AvgIpc) is 1.89. The zero-order valence-electron chi connectivity index (χ0n) is 50.5. The summed E-state index contributed by atoms with van der Waals surface area (Å²) < 4.78 is 87.8. The van der Waals surface area contributed by atoms with Crippen LogP contribution in [0.4, 0.5) is 0 Å². The van der Waals surface area contributed by atoms with Gasteiger partial charge < -0.3 is 13.7 Å². The Kier molecular flexibility index (Phi) is 9.34. The van der Waals surface area contributed by atoms with Gasteiger partial charge in [-0.1, -0.05) is 231 Å². The third-order valence-electron chi connectivity index (χ3n) is 14.3. The van der Waals surface area contributed by atoms with Crippen molar-refractivity contribution in [3.8, 4) is 45.1 Å². The fourth-order valence-corrected chi connectivity index (χ4v) is 10.8. The topological polar surface area (TPSA) is 31.6 Å². The SMILES string of the molecule is [2H]c1cc(-c2cccc(-c3c([2H])c([2H])c([2H])c([2H])c3[2H])c2-[n+]2[c-]n(-c3[c-]c4c(cc3)c3ccccc3c3ccccc3c3ccccc3n4-c3[c-]c4c(cc3)c3ccccc3n4-c3cc(C(C)(C)C)ccn3)c3ccccc32)c([2H])c([2H])c1[2H].[Pt]. The summed E-state index contributed by atoms with van der Waals surface area (Å²) in [6, 6.07) is 64.5. The molecule has 0 aliphatic rings. The van der Waals surface area contributed by atoms with Gasteiger partial charge in [0.2, 0.25) is 0 Å². The van der Waals surface area contributed by atoms with E-state index in [1.165, 1.54) is 6.07 Å². The van der Waals surface area contributed by atoms with Crippen LogP contribution in [0.15, 0.2) is 243 Å². The van der Waals surface area contributed by atoms with E-state index in [1.54, 1.807) is 22.8 Å². The van der Waals surface area contributed by atoms with Crippen molar-refractivity contribution in [2.75, 3.05) is 0 Å². The van der Waals surface area contributed by atoms with Crippen LogP contribution in [0.2, 0.25) is 0 Å². The third-order valence-corrected chi connectivity index (χ3v) is 14.3. The van der Waals surface area contributed by atoms with Crippen molar-refractivity contribution in [3.05, 3.63) is 267 Å².